The summed E-state index contributed by atoms with van der Waals surface area (Å²) in [5.74, 6) is 2.84. The second-order valence-corrected chi connectivity index (χ2v) is 11.2. The van der Waals surface area contributed by atoms with Crippen molar-refractivity contribution >= 4 is 63.7 Å². The minimum absolute atomic E-state index is 0.0235. The highest BCUT2D eigenvalue weighted by Gasteiger charge is 2.48. The normalized spacial score (nSPS) is 26.1. The standard InChI is InChI=1S/C24H24Cl2N2O2S2/c25-18-7-5-15(6-8-18)20-12-17(2-1-9-27-26)21(30-20)13-22-23(29)28(24(31)32-22)19-11-14-3-4-16(19)10-14/h5-8,12-14,16,19,27H,1-4,9-11H2/b22-13-. The van der Waals surface area contributed by atoms with Crippen molar-refractivity contribution in [2.45, 2.75) is 44.6 Å². The number of thioether (sulfide) groups is 1. The highest BCUT2D eigenvalue weighted by Crippen LogP contribution is 2.49. The molecule has 5 rings (SSSR count). The van der Waals surface area contributed by atoms with E-state index in [-0.39, 0.29) is 11.9 Å². The molecule has 2 aliphatic carbocycles. The smallest absolute Gasteiger partial charge is 0.266 e. The molecular weight excluding hydrogens is 483 g/mol. The van der Waals surface area contributed by atoms with Crippen molar-refractivity contribution in [3.05, 3.63) is 51.6 Å². The number of rotatable bonds is 7. The molecule has 168 valence electrons. The van der Waals surface area contributed by atoms with Crippen molar-refractivity contribution in [1.29, 1.82) is 0 Å². The first-order valence-electron chi connectivity index (χ1n) is 11.0. The van der Waals surface area contributed by atoms with Crippen molar-refractivity contribution in [2.75, 3.05) is 6.54 Å². The van der Waals surface area contributed by atoms with Crippen LogP contribution in [0.15, 0.2) is 39.7 Å². The number of hydrogen-bond acceptors (Lipinski definition) is 5. The molecule has 1 saturated heterocycles. The van der Waals surface area contributed by atoms with E-state index in [9.17, 15) is 4.79 Å². The summed E-state index contributed by atoms with van der Waals surface area (Å²) in [5.41, 5.74) is 1.99. The van der Waals surface area contributed by atoms with Crippen LogP contribution in [0.1, 0.15) is 43.4 Å². The molecule has 3 unspecified atom stereocenters. The number of fused-ring (bicyclic) bond motifs is 2. The second kappa shape index (κ2) is 9.51. The van der Waals surface area contributed by atoms with Gasteiger partial charge in [-0.15, -0.1) is 0 Å². The minimum atomic E-state index is 0.0235. The van der Waals surface area contributed by atoms with Crippen LogP contribution in [0.5, 0.6) is 0 Å². The van der Waals surface area contributed by atoms with Gasteiger partial charge in [-0.1, -0.05) is 42.0 Å². The molecule has 3 aliphatic rings. The van der Waals surface area contributed by atoms with Gasteiger partial charge >= 0.3 is 0 Å². The second-order valence-electron chi connectivity index (χ2n) is 8.79. The van der Waals surface area contributed by atoms with E-state index in [4.69, 9.17) is 40.0 Å². The average molecular weight is 508 g/mol. The van der Waals surface area contributed by atoms with E-state index >= 15 is 0 Å². The molecular formula is C24H24Cl2N2O2S2. The summed E-state index contributed by atoms with van der Waals surface area (Å²) < 4.78 is 6.90. The first kappa shape index (κ1) is 22.5. The number of hydrogen-bond donors (Lipinski definition) is 1. The van der Waals surface area contributed by atoms with Crippen LogP contribution in [-0.4, -0.2) is 27.7 Å². The Hall–Kier alpha value is -1.31. The number of aryl methyl sites for hydroxylation is 1. The van der Waals surface area contributed by atoms with Crippen LogP contribution in [0.2, 0.25) is 5.02 Å². The number of nitrogens with zero attached hydrogens (tertiary/aromatic N) is 1. The van der Waals surface area contributed by atoms with Gasteiger partial charge in [0.25, 0.3) is 5.91 Å². The third-order valence-corrected chi connectivity index (χ3v) is 8.58. The quantitative estimate of drug-likeness (QED) is 0.196. The van der Waals surface area contributed by atoms with E-state index < -0.39 is 0 Å². The Labute approximate surface area is 207 Å². The molecule has 1 aliphatic heterocycles. The third-order valence-electron chi connectivity index (χ3n) is 6.81. The molecule has 8 heteroatoms. The summed E-state index contributed by atoms with van der Waals surface area (Å²) in [7, 11) is 0. The summed E-state index contributed by atoms with van der Waals surface area (Å²) in [6, 6.07) is 9.86. The number of nitrogens with one attached hydrogen (secondary N) is 1. The zero-order chi connectivity index (χ0) is 22.2. The van der Waals surface area contributed by atoms with Crippen LogP contribution in [0.4, 0.5) is 0 Å². The topological polar surface area (TPSA) is 45.5 Å². The van der Waals surface area contributed by atoms with Crippen LogP contribution < -0.4 is 4.84 Å². The van der Waals surface area contributed by atoms with Crippen molar-refractivity contribution in [1.82, 2.24) is 9.74 Å². The lowest BCUT2D eigenvalue weighted by atomic mass is 9.94. The summed E-state index contributed by atoms with van der Waals surface area (Å²) in [6.07, 6.45) is 8.35. The molecule has 3 atom stereocenters. The van der Waals surface area contributed by atoms with Crippen LogP contribution >= 0.6 is 47.4 Å². The van der Waals surface area contributed by atoms with Gasteiger partial charge < -0.3 is 4.42 Å². The predicted molar refractivity (Wildman–Crippen MR) is 136 cm³/mol. The number of benzene rings is 1. The Bertz CT molecular complexity index is 1070. The number of halogens is 2. The van der Waals surface area contributed by atoms with Gasteiger partial charge in [0.05, 0.1) is 4.91 Å². The number of carbonyl (C=O) groups is 1. The first-order chi connectivity index (χ1) is 15.5. The Kier molecular flexibility index (Phi) is 6.68. The van der Waals surface area contributed by atoms with E-state index in [0.717, 1.165) is 42.1 Å². The fourth-order valence-corrected chi connectivity index (χ4v) is 6.88. The summed E-state index contributed by atoms with van der Waals surface area (Å²) in [6.45, 7) is 0.689. The molecule has 1 N–H and O–H groups in total. The molecule has 32 heavy (non-hydrogen) atoms. The van der Waals surface area contributed by atoms with Crippen molar-refractivity contribution in [3.8, 4) is 11.3 Å². The van der Waals surface area contributed by atoms with Crippen LogP contribution in [0.3, 0.4) is 0 Å². The largest absolute Gasteiger partial charge is 0.456 e. The van der Waals surface area contributed by atoms with E-state index in [0.29, 0.717) is 32.5 Å². The van der Waals surface area contributed by atoms with Crippen LogP contribution in [0.25, 0.3) is 17.4 Å². The van der Waals surface area contributed by atoms with Gasteiger partial charge in [-0.3, -0.25) is 9.69 Å². The van der Waals surface area contributed by atoms with Gasteiger partial charge in [0, 0.05) is 29.2 Å². The number of furan rings is 1. The lowest BCUT2D eigenvalue weighted by molar-refractivity contribution is -0.124. The fourth-order valence-electron chi connectivity index (χ4n) is 5.27. The molecule has 2 aromatic rings. The summed E-state index contributed by atoms with van der Waals surface area (Å²) in [5, 5.41) is 0.679. The highest BCUT2D eigenvalue weighted by molar-refractivity contribution is 8.26. The first-order valence-corrected chi connectivity index (χ1v) is 13.0. The van der Waals surface area contributed by atoms with E-state index in [1.807, 2.05) is 41.3 Å². The summed E-state index contributed by atoms with van der Waals surface area (Å²) in [4.78, 5) is 18.5. The van der Waals surface area contributed by atoms with Gasteiger partial charge in [0.1, 0.15) is 15.8 Å². The molecule has 2 bridgehead atoms. The maximum atomic E-state index is 13.3. The molecule has 0 spiro atoms. The maximum Gasteiger partial charge on any atom is 0.266 e. The summed E-state index contributed by atoms with van der Waals surface area (Å²) >= 11 is 18.7. The highest BCUT2D eigenvalue weighted by atomic mass is 35.5. The molecule has 2 heterocycles. The van der Waals surface area contributed by atoms with E-state index in [2.05, 4.69) is 4.84 Å². The Morgan fingerprint density at radius 2 is 2.06 bits per heavy atom. The van der Waals surface area contributed by atoms with Gasteiger partial charge in [0.2, 0.25) is 0 Å². The van der Waals surface area contributed by atoms with E-state index in [1.165, 1.54) is 31.0 Å². The SMILES string of the molecule is O=C1/C(=C/c2oc(-c3ccc(Cl)cc3)cc2CCCNCl)SC(=S)N1C1CC2CCC1C2. The number of carbonyl (C=O) groups excluding carboxylic acids is 1. The van der Waals surface area contributed by atoms with Gasteiger partial charge in [-0.05, 0) is 91.6 Å². The number of amides is 1. The molecule has 1 aromatic heterocycles. The molecule has 1 aromatic carbocycles. The maximum absolute atomic E-state index is 13.3. The van der Waals surface area contributed by atoms with Crippen LogP contribution in [-0.2, 0) is 11.2 Å². The van der Waals surface area contributed by atoms with Crippen molar-refractivity contribution in [2.24, 2.45) is 11.8 Å². The zero-order valence-corrected chi connectivity index (χ0v) is 20.6. The fraction of sp³-hybridized carbons (Fsp3) is 0.417. The predicted octanol–water partition coefficient (Wildman–Crippen LogP) is 6.67. The average Bonchev–Trinajstić information content (AvgIpc) is 3.54. The van der Waals surface area contributed by atoms with Crippen LogP contribution in [0, 0.1) is 11.8 Å². The van der Waals surface area contributed by atoms with Crippen molar-refractivity contribution < 1.29 is 9.21 Å². The monoisotopic (exact) mass is 506 g/mol. The third kappa shape index (κ3) is 4.40. The van der Waals surface area contributed by atoms with Crippen molar-refractivity contribution in [3.63, 3.8) is 0 Å². The lowest BCUT2D eigenvalue weighted by Crippen LogP contribution is -2.41. The zero-order valence-electron chi connectivity index (χ0n) is 17.5. The molecule has 4 nitrogen and oxygen atoms in total. The Balaban J connectivity index is 1.43. The van der Waals surface area contributed by atoms with Gasteiger partial charge in [0.15, 0.2) is 0 Å². The van der Waals surface area contributed by atoms with Gasteiger partial charge in [-0.25, -0.2) is 4.84 Å². The molecule has 3 fully saturated rings. The molecule has 2 saturated carbocycles. The van der Waals surface area contributed by atoms with Gasteiger partial charge in [-0.2, -0.15) is 0 Å². The molecule has 1 amide bonds. The molecule has 0 radical (unpaired) electrons. The lowest BCUT2D eigenvalue weighted by Gasteiger charge is -2.30. The number of thiocarbonyl (C=S) groups is 1. The minimum Gasteiger partial charge on any atom is -0.456 e. The Morgan fingerprint density at radius 1 is 1.25 bits per heavy atom. The van der Waals surface area contributed by atoms with E-state index in [1.54, 1.807) is 0 Å². The Morgan fingerprint density at radius 3 is 2.75 bits per heavy atom.